The fourth-order valence-corrected chi connectivity index (χ4v) is 2.98. The van der Waals surface area contributed by atoms with Crippen LogP contribution in [0.1, 0.15) is 25.3 Å². The Kier molecular flexibility index (Phi) is 7.32. The quantitative estimate of drug-likeness (QED) is 0.380. The summed E-state index contributed by atoms with van der Waals surface area (Å²) in [4.78, 5) is 24.8. The molecule has 0 bridgehead atoms. The molecule has 3 amide bonds. The lowest BCUT2D eigenvalue weighted by Gasteiger charge is -2.32. The van der Waals surface area contributed by atoms with Crippen LogP contribution in [0.15, 0.2) is 41.5 Å². The predicted molar refractivity (Wildman–Crippen MR) is 99.0 cm³/mol. The number of carbonyl (C=O) groups excluding carboxylic acids is 2. The third-order valence-corrected chi connectivity index (χ3v) is 4.29. The Labute approximate surface area is 153 Å². The van der Waals surface area contributed by atoms with E-state index < -0.39 is 0 Å². The summed E-state index contributed by atoms with van der Waals surface area (Å²) < 4.78 is 13.3. The third-order valence-electron chi connectivity index (χ3n) is 4.29. The van der Waals surface area contributed by atoms with Crippen LogP contribution in [0, 0.1) is 11.7 Å². The average molecular weight is 360 g/mol. The van der Waals surface area contributed by atoms with Gasteiger partial charge in [-0.1, -0.05) is 18.2 Å². The molecule has 0 atom stereocenters. The van der Waals surface area contributed by atoms with Crippen molar-refractivity contribution >= 4 is 18.3 Å². The standard InChI is InChI=1S/C19H25FN4O2/c1-3-5-18(22-23(2)14-25)21-19(26)24-10-8-15(9-11-24)12-16-6-4-7-17(20)13-16/h3-7,13-15H,8-12H2,1-2H3,(H,21,22,26)/b5-3-. The molecule has 1 fully saturated rings. The van der Waals surface area contributed by atoms with E-state index in [1.807, 2.05) is 6.07 Å². The highest BCUT2D eigenvalue weighted by molar-refractivity contribution is 6.03. The number of urea groups is 1. The van der Waals surface area contributed by atoms with Gasteiger partial charge in [-0.25, -0.2) is 14.2 Å². The van der Waals surface area contributed by atoms with Crippen LogP contribution in [0.2, 0.25) is 0 Å². The first-order valence-corrected chi connectivity index (χ1v) is 8.71. The highest BCUT2D eigenvalue weighted by Crippen LogP contribution is 2.22. The zero-order valence-corrected chi connectivity index (χ0v) is 15.2. The summed E-state index contributed by atoms with van der Waals surface area (Å²) in [5, 5.41) is 7.82. The number of hydrazone groups is 1. The van der Waals surface area contributed by atoms with E-state index in [0.717, 1.165) is 29.8 Å². The van der Waals surface area contributed by atoms with E-state index in [1.165, 1.54) is 13.1 Å². The number of hydrogen-bond acceptors (Lipinski definition) is 3. The molecule has 2 rings (SSSR count). The number of amidine groups is 1. The number of carbonyl (C=O) groups is 2. The second-order valence-electron chi connectivity index (χ2n) is 6.36. The predicted octanol–water partition coefficient (Wildman–Crippen LogP) is 2.77. The maximum Gasteiger partial charge on any atom is 0.323 e. The van der Waals surface area contributed by atoms with E-state index >= 15 is 0 Å². The van der Waals surface area contributed by atoms with Crippen molar-refractivity contribution in [3.8, 4) is 0 Å². The molecule has 0 saturated carbocycles. The average Bonchev–Trinajstić information content (AvgIpc) is 2.62. The molecular formula is C19H25FN4O2. The molecule has 0 unspecified atom stereocenters. The van der Waals surface area contributed by atoms with Gasteiger partial charge < -0.3 is 4.90 Å². The second kappa shape index (κ2) is 9.70. The van der Waals surface area contributed by atoms with Gasteiger partial charge in [0.15, 0.2) is 5.84 Å². The fourth-order valence-electron chi connectivity index (χ4n) is 2.98. The molecule has 6 nitrogen and oxygen atoms in total. The lowest BCUT2D eigenvalue weighted by Crippen LogP contribution is -2.46. The summed E-state index contributed by atoms with van der Waals surface area (Å²) >= 11 is 0. The highest BCUT2D eigenvalue weighted by Gasteiger charge is 2.23. The van der Waals surface area contributed by atoms with Crippen molar-refractivity contribution in [3.63, 3.8) is 0 Å². The number of benzene rings is 1. The van der Waals surface area contributed by atoms with Crippen LogP contribution in [-0.4, -0.2) is 48.3 Å². The minimum atomic E-state index is -0.231. The molecule has 0 aliphatic carbocycles. The molecule has 7 heteroatoms. The Morgan fingerprint density at radius 2 is 2.15 bits per heavy atom. The first kappa shape index (κ1) is 19.6. The number of nitrogens with one attached hydrogen (secondary N) is 1. The second-order valence-corrected chi connectivity index (χ2v) is 6.36. The lowest BCUT2D eigenvalue weighted by atomic mass is 9.90. The largest absolute Gasteiger partial charge is 0.324 e. The zero-order chi connectivity index (χ0) is 18.9. The first-order chi connectivity index (χ1) is 12.5. The topological polar surface area (TPSA) is 65.0 Å². The SMILES string of the molecule is C/C=C\C(=N/N(C)C=O)NC(=O)N1CCC(Cc2cccc(F)c2)CC1. The number of halogens is 1. The van der Waals surface area contributed by atoms with Gasteiger partial charge in [0.05, 0.1) is 0 Å². The van der Waals surface area contributed by atoms with Gasteiger partial charge in [0.2, 0.25) is 6.41 Å². The van der Waals surface area contributed by atoms with Gasteiger partial charge in [0.1, 0.15) is 5.82 Å². The van der Waals surface area contributed by atoms with Crippen molar-refractivity contribution in [1.29, 1.82) is 0 Å². The van der Waals surface area contributed by atoms with Crippen molar-refractivity contribution < 1.29 is 14.0 Å². The van der Waals surface area contributed by atoms with Crippen LogP contribution in [0.3, 0.4) is 0 Å². The normalized spacial score (nSPS) is 16.0. The van der Waals surface area contributed by atoms with Gasteiger partial charge >= 0.3 is 6.03 Å². The molecule has 1 aromatic rings. The number of nitrogens with zero attached hydrogens (tertiary/aromatic N) is 3. The first-order valence-electron chi connectivity index (χ1n) is 8.71. The third kappa shape index (κ3) is 5.98. The summed E-state index contributed by atoms with van der Waals surface area (Å²) in [6.45, 7) is 3.08. The van der Waals surface area contributed by atoms with E-state index in [-0.39, 0.29) is 11.8 Å². The van der Waals surface area contributed by atoms with Gasteiger partial charge in [0.25, 0.3) is 0 Å². The monoisotopic (exact) mass is 360 g/mol. The molecule has 1 N–H and O–H groups in total. The highest BCUT2D eigenvalue weighted by atomic mass is 19.1. The van der Waals surface area contributed by atoms with Gasteiger partial charge in [-0.05, 0) is 55.9 Å². The summed E-state index contributed by atoms with van der Waals surface area (Å²) in [5.41, 5.74) is 0.993. The summed E-state index contributed by atoms with van der Waals surface area (Å²) in [7, 11) is 1.50. The van der Waals surface area contributed by atoms with Gasteiger partial charge in [-0.2, -0.15) is 5.10 Å². The number of rotatable bonds is 5. The maximum atomic E-state index is 13.3. The molecule has 0 aromatic heterocycles. The molecule has 140 valence electrons. The van der Waals surface area contributed by atoms with Gasteiger partial charge in [-0.15, -0.1) is 0 Å². The molecule has 1 saturated heterocycles. The van der Waals surface area contributed by atoms with Crippen LogP contribution in [0.5, 0.6) is 0 Å². The fraction of sp³-hybridized carbons (Fsp3) is 0.421. The summed E-state index contributed by atoms with van der Waals surface area (Å²) in [6, 6.07) is 6.45. The number of allylic oxidation sites excluding steroid dienone is 1. The lowest BCUT2D eigenvalue weighted by molar-refractivity contribution is -0.117. The Balaban J connectivity index is 1.87. The molecule has 1 aliphatic rings. The number of amides is 3. The molecule has 0 radical (unpaired) electrons. The van der Waals surface area contributed by atoms with E-state index in [2.05, 4.69) is 10.4 Å². The smallest absolute Gasteiger partial charge is 0.323 e. The summed E-state index contributed by atoms with van der Waals surface area (Å²) in [6.07, 6.45) is 6.50. The van der Waals surface area contributed by atoms with Crippen LogP contribution < -0.4 is 5.32 Å². The van der Waals surface area contributed by atoms with Gasteiger partial charge in [-0.3, -0.25) is 10.1 Å². The van der Waals surface area contributed by atoms with E-state index in [0.29, 0.717) is 31.3 Å². The number of hydrogen-bond donors (Lipinski definition) is 1. The van der Waals surface area contributed by atoms with Crippen molar-refractivity contribution in [2.24, 2.45) is 11.0 Å². The molecular weight excluding hydrogens is 335 g/mol. The molecule has 26 heavy (non-hydrogen) atoms. The maximum absolute atomic E-state index is 13.3. The zero-order valence-electron chi connectivity index (χ0n) is 15.2. The molecule has 1 aromatic carbocycles. The summed E-state index contributed by atoms with van der Waals surface area (Å²) in [5.74, 6) is 0.537. The van der Waals surface area contributed by atoms with Crippen molar-refractivity contribution in [2.75, 3.05) is 20.1 Å². The van der Waals surface area contributed by atoms with E-state index in [9.17, 15) is 14.0 Å². The van der Waals surface area contributed by atoms with Crippen LogP contribution in [-0.2, 0) is 11.2 Å². The minimum Gasteiger partial charge on any atom is -0.324 e. The molecule has 1 aliphatic heterocycles. The Bertz CT molecular complexity index is 682. The van der Waals surface area contributed by atoms with E-state index in [4.69, 9.17) is 0 Å². The Morgan fingerprint density at radius 1 is 1.42 bits per heavy atom. The number of piperidine rings is 1. The minimum absolute atomic E-state index is 0.213. The van der Waals surface area contributed by atoms with Crippen molar-refractivity contribution in [1.82, 2.24) is 15.2 Å². The van der Waals surface area contributed by atoms with Gasteiger partial charge in [0, 0.05) is 20.1 Å². The van der Waals surface area contributed by atoms with Crippen molar-refractivity contribution in [2.45, 2.75) is 26.2 Å². The van der Waals surface area contributed by atoms with Crippen LogP contribution in [0.25, 0.3) is 0 Å². The van der Waals surface area contributed by atoms with Crippen LogP contribution in [0.4, 0.5) is 9.18 Å². The van der Waals surface area contributed by atoms with E-state index in [1.54, 1.807) is 36.1 Å². The van der Waals surface area contributed by atoms with Crippen molar-refractivity contribution in [3.05, 3.63) is 47.8 Å². The molecule has 1 heterocycles. The molecule has 0 spiro atoms. The Hall–Kier alpha value is -2.70. The Morgan fingerprint density at radius 3 is 2.77 bits per heavy atom. The van der Waals surface area contributed by atoms with Crippen LogP contribution >= 0.6 is 0 Å². The number of likely N-dealkylation sites (tertiary alicyclic amines) is 1.